The lowest BCUT2D eigenvalue weighted by atomic mass is 9.68. The fraction of sp³-hybridized carbons (Fsp3) is 0.597. The van der Waals surface area contributed by atoms with Crippen molar-refractivity contribution in [2.45, 2.75) is 88.9 Å². The van der Waals surface area contributed by atoms with E-state index in [1.165, 1.54) is 11.1 Å². The van der Waals surface area contributed by atoms with Gasteiger partial charge in [-0.25, -0.2) is 18.6 Å². The molecule has 2 aliphatic carbocycles. The number of methoxy groups -OCH3 is 1. The first-order valence-corrected chi connectivity index (χ1v) is 41.5. The Kier molecular flexibility index (Phi) is 26.3. The third-order valence-corrected chi connectivity index (χ3v) is 25.5. The lowest BCUT2D eigenvalue weighted by Crippen LogP contribution is -2.58. The summed E-state index contributed by atoms with van der Waals surface area (Å²) in [5.74, 6) is 0.216. The Balaban J connectivity index is 0.000000166. The van der Waals surface area contributed by atoms with Crippen LogP contribution in [0.3, 0.4) is 0 Å². The van der Waals surface area contributed by atoms with Gasteiger partial charge in [0.2, 0.25) is 0 Å². The second kappa shape index (κ2) is 36.0. The molecule has 602 valence electrons. The van der Waals surface area contributed by atoms with Gasteiger partial charge in [0.05, 0.1) is 95.1 Å². The molecule has 10 aliphatic rings. The second-order valence-corrected chi connectivity index (χ2v) is 33.6. The number of carbonyl (C=O) groups excluding carboxylic acids is 4. The van der Waals surface area contributed by atoms with Crippen LogP contribution in [0.4, 0.5) is 23.1 Å². The third kappa shape index (κ3) is 19.0. The molecule has 1 saturated carbocycles. The predicted molar refractivity (Wildman–Crippen MR) is 422 cm³/mol. The first-order valence-electron chi connectivity index (χ1n) is 38.7. The first kappa shape index (κ1) is 81.0. The highest BCUT2D eigenvalue weighted by Crippen LogP contribution is 2.47. The Labute approximate surface area is 662 Å². The third-order valence-electron chi connectivity index (χ3n) is 22.7. The number of amides is 2. The van der Waals surface area contributed by atoms with Crippen LogP contribution in [-0.4, -0.2) is 281 Å². The molecule has 1 unspecified atom stereocenters. The van der Waals surface area contributed by atoms with E-state index in [-0.39, 0.29) is 46.7 Å². The molecule has 0 radical (unpaired) electrons. The molecule has 12 heterocycles. The van der Waals surface area contributed by atoms with Crippen LogP contribution in [0.2, 0.25) is 5.02 Å². The summed E-state index contributed by atoms with van der Waals surface area (Å²) in [6, 6.07) is 12.6. The number of fused-ring (bicyclic) bond motifs is 7. The second-order valence-electron chi connectivity index (χ2n) is 30.4. The fourth-order valence-corrected chi connectivity index (χ4v) is 19.6. The molecule has 2 bridgehead atoms. The number of morpholine rings is 3. The number of hydrogen-bond acceptors (Lipinski definition) is 24. The highest BCUT2D eigenvalue weighted by atomic mass is 79.9. The van der Waals surface area contributed by atoms with Gasteiger partial charge in [0.15, 0.2) is 17.5 Å². The van der Waals surface area contributed by atoms with E-state index in [2.05, 4.69) is 104 Å². The van der Waals surface area contributed by atoms with Crippen molar-refractivity contribution < 1.29 is 66.4 Å². The molecule has 8 aliphatic heterocycles. The normalized spacial score (nSPS) is 26.4. The zero-order valence-corrected chi connectivity index (χ0v) is 67.9. The maximum atomic E-state index is 15.0. The number of piperazine rings is 3. The van der Waals surface area contributed by atoms with Crippen LogP contribution in [0, 0.1) is 17.8 Å². The maximum absolute atomic E-state index is 15.0. The van der Waals surface area contributed by atoms with E-state index in [0.29, 0.717) is 127 Å². The number of esters is 2. The van der Waals surface area contributed by atoms with Crippen LogP contribution < -0.4 is 29.1 Å². The average molecular weight is 1640 g/mol. The minimum absolute atomic E-state index is 0.0155. The number of hydrogen-bond donors (Lipinski definition) is 2. The summed E-state index contributed by atoms with van der Waals surface area (Å²) >= 11 is 9.65. The van der Waals surface area contributed by atoms with Gasteiger partial charge < -0.3 is 57.9 Å². The SMILES string of the molecule is CCOC(=O)c1cn(C)nc1Br.CCOC(=O)c1cn(C)nc1N1CCN2CCOC[C@@H]2C1.CO[C@H]1/C=C/C[C@H](C)CS(=O)(NC(=O)c2cn(C)nc2N2CCN3CCOC[C@@H]3C2)=NC(=O)c2ccc3c(c2)N(C[C@@H]2CC[C@H]21)C[C@@]1(CCCc2cc(Cl)ccc21)CO3.Cn1cc(C(=O)O)c(N2CCN3CCOC[C@@H]3C2)n1. The number of aromatic nitrogens is 8. The van der Waals surface area contributed by atoms with Gasteiger partial charge >= 0.3 is 17.9 Å². The summed E-state index contributed by atoms with van der Waals surface area (Å²) in [5, 5.41) is 27.3. The van der Waals surface area contributed by atoms with Crippen molar-refractivity contribution in [3.8, 4) is 5.75 Å². The van der Waals surface area contributed by atoms with Crippen LogP contribution in [0.1, 0.15) is 116 Å². The summed E-state index contributed by atoms with van der Waals surface area (Å²) in [5.41, 5.74) is 4.94. The molecule has 1 spiro atoms. The topological polar surface area (TPSA) is 306 Å². The predicted octanol–water partition coefficient (Wildman–Crippen LogP) is 6.77. The molecule has 111 heavy (non-hydrogen) atoms. The van der Waals surface area contributed by atoms with Gasteiger partial charge in [-0.3, -0.25) is 47.7 Å². The molecule has 9 atom stereocenters. The highest BCUT2D eigenvalue weighted by Gasteiger charge is 2.46. The molecule has 6 aromatic rings. The van der Waals surface area contributed by atoms with Crippen LogP contribution in [0.15, 0.2) is 82.3 Å². The number of allylic oxidation sites excluding steroid dienone is 1. The molecule has 2 amide bonds. The number of carboxylic acids is 1. The standard InChI is InChI=1S/C44H56ClN7O6S.C14H22N4O3.C12H18N4O3.C7H9BrN2O2/c1-29-6-4-8-39(56-3)35-12-9-32(35)22-52-27-44(15-5-7-30-20-33(45)11-13-37(30)44)28-58-40-14-10-31(21-38(40)52)42(53)47-59(55,26-29)48-43(54)36-24-49(2)46-41(36)51-17-16-50-18-19-57-25-34(50)23-51;1-3-21-14(19)12-9-16(2)15-13(12)18-5-4-17-6-7-20-10-11(17)8-18;1-14-7-10(12(17)18)11(13-14)16-3-2-15-4-5-19-8-9(15)6-16;1-3-12-7(11)5-4-10(2)9-6(5)8/h4,8,10-11,13-14,20-21,24,29,32,34-35,39H,5-7,9,12,15-19,22-23,25-28H2,1-3H3,(H,47,48,53,54,55);9,11H,3-8,10H2,1-2H3;7,9H,2-6,8H2,1H3,(H,17,18);4H,3H2,1-2H3/b8-4+;;;/t29-,32-,34-,35+,39-,44-,59?;11-;9-;/m000./s1. The summed E-state index contributed by atoms with van der Waals surface area (Å²) in [6.45, 7) is 22.9. The van der Waals surface area contributed by atoms with E-state index in [4.69, 9.17) is 44.8 Å². The highest BCUT2D eigenvalue weighted by molar-refractivity contribution is 9.10. The van der Waals surface area contributed by atoms with Gasteiger partial charge in [-0.1, -0.05) is 36.7 Å². The molecule has 2 N–H and O–H groups in total. The van der Waals surface area contributed by atoms with Crippen LogP contribution >= 0.6 is 27.5 Å². The number of benzene rings is 2. The average Bonchev–Trinajstić information content (AvgIpc) is 1.70. The van der Waals surface area contributed by atoms with Gasteiger partial charge in [-0.05, 0) is 128 Å². The van der Waals surface area contributed by atoms with E-state index in [1.807, 2.05) is 39.1 Å². The molecule has 4 aromatic heterocycles. The summed E-state index contributed by atoms with van der Waals surface area (Å²) in [4.78, 5) is 79.1. The van der Waals surface area contributed by atoms with Crippen molar-refractivity contribution in [1.82, 2.24) is 58.5 Å². The van der Waals surface area contributed by atoms with Gasteiger partial charge in [-0.2, -0.15) is 20.4 Å². The van der Waals surface area contributed by atoms with Crippen molar-refractivity contribution in [2.75, 3.05) is 184 Å². The number of aromatic carboxylic acids is 1. The van der Waals surface area contributed by atoms with Gasteiger partial charge in [-0.15, -0.1) is 4.36 Å². The number of anilines is 4. The van der Waals surface area contributed by atoms with E-state index in [9.17, 15) is 29.1 Å². The van der Waals surface area contributed by atoms with Gasteiger partial charge in [0.25, 0.3) is 11.8 Å². The quantitative estimate of drug-likeness (QED) is 0.0998. The number of aryl methyl sites for hydroxylation is 5. The molecule has 31 nitrogen and oxygen atoms in total. The summed E-state index contributed by atoms with van der Waals surface area (Å²) in [7, 11) is 5.23. The summed E-state index contributed by atoms with van der Waals surface area (Å²) in [6.07, 6.45) is 16.4. The van der Waals surface area contributed by atoms with Crippen LogP contribution in [0.25, 0.3) is 0 Å². The minimum atomic E-state index is -3.63. The monoisotopic (exact) mass is 1640 g/mol. The zero-order chi connectivity index (χ0) is 78.3. The Morgan fingerprint density at radius 2 is 1.23 bits per heavy atom. The largest absolute Gasteiger partial charge is 0.490 e. The Hall–Kier alpha value is -7.99. The molecule has 16 rings (SSSR count). The number of ether oxygens (including phenoxy) is 7. The Morgan fingerprint density at radius 1 is 0.685 bits per heavy atom. The van der Waals surface area contributed by atoms with E-state index < -0.39 is 27.7 Å². The van der Waals surface area contributed by atoms with Crippen LogP contribution in [0.5, 0.6) is 5.75 Å². The number of halogens is 2. The van der Waals surface area contributed by atoms with E-state index in [1.54, 1.807) is 84.8 Å². The first-order chi connectivity index (χ1) is 53.5. The fourth-order valence-electron chi connectivity index (χ4n) is 17.0. The molecular weight excluding hydrogens is 1530 g/mol. The maximum Gasteiger partial charge on any atom is 0.343 e. The number of carboxylic acid groups (broad SMARTS) is 1. The molecule has 6 saturated heterocycles. The van der Waals surface area contributed by atoms with Gasteiger partial charge in [0, 0.05) is 168 Å². The summed E-state index contributed by atoms with van der Waals surface area (Å²) < 4.78 is 68.7. The Bertz CT molecular complexity index is 4480. The number of nitrogens with one attached hydrogen (secondary N) is 1. The van der Waals surface area contributed by atoms with E-state index in [0.717, 1.165) is 147 Å². The Morgan fingerprint density at radius 3 is 1.78 bits per heavy atom. The minimum Gasteiger partial charge on any atom is -0.490 e. The molecular formula is C77H105BrClN17O14S. The van der Waals surface area contributed by atoms with Crippen molar-refractivity contribution in [2.24, 2.45) is 50.3 Å². The molecule has 2 aromatic carbocycles. The zero-order valence-electron chi connectivity index (χ0n) is 64.8. The van der Waals surface area contributed by atoms with Crippen molar-refractivity contribution in [3.63, 3.8) is 0 Å². The lowest BCUT2D eigenvalue weighted by molar-refractivity contribution is -0.0118. The number of nitrogens with zero attached hydrogens (tertiary/aromatic N) is 16. The number of carbonyl (C=O) groups is 5. The van der Waals surface area contributed by atoms with Crippen LogP contribution in [-0.2, 0) is 78.4 Å². The van der Waals surface area contributed by atoms with E-state index >= 15 is 4.21 Å². The van der Waals surface area contributed by atoms with Crippen molar-refractivity contribution in [3.05, 3.63) is 122 Å². The molecule has 34 heteroatoms. The number of rotatable bonds is 11. The smallest absolute Gasteiger partial charge is 0.343 e. The van der Waals surface area contributed by atoms with Gasteiger partial charge in [0.1, 0.15) is 42.5 Å². The molecule has 7 fully saturated rings. The van der Waals surface area contributed by atoms with Crippen molar-refractivity contribution >= 4 is 90.3 Å². The van der Waals surface area contributed by atoms with Crippen molar-refractivity contribution in [1.29, 1.82) is 0 Å². The lowest BCUT2D eigenvalue weighted by Gasteiger charge is -2.46.